The maximum absolute atomic E-state index is 6.80. The van der Waals surface area contributed by atoms with E-state index in [9.17, 15) is 0 Å². The average Bonchev–Trinajstić information content (AvgIpc) is 3.79. The number of oxazole rings is 1. The van der Waals surface area contributed by atoms with Crippen LogP contribution in [0, 0.1) is 0 Å². The molecule has 0 bridgehead atoms. The van der Waals surface area contributed by atoms with Crippen molar-refractivity contribution >= 4 is 60.9 Å². The van der Waals surface area contributed by atoms with E-state index >= 15 is 0 Å². The molecule has 0 radical (unpaired) electrons. The molecule has 0 saturated carbocycles. The van der Waals surface area contributed by atoms with Crippen molar-refractivity contribution in [3.8, 4) is 33.7 Å². The Balaban J connectivity index is 1.17. The summed E-state index contributed by atoms with van der Waals surface area (Å²) < 4.78 is 13.0. The maximum atomic E-state index is 6.80. The molecule has 0 atom stereocenters. The van der Waals surface area contributed by atoms with Gasteiger partial charge in [-0.25, -0.2) is 4.98 Å². The Hall–Kier alpha value is -6.91. The first-order chi connectivity index (χ1) is 25.3. The van der Waals surface area contributed by atoms with Gasteiger partial charge in [-0.1, -0.05) is 127 Å². The average molecular weight is 655 g/mol. The monoisotopic (exact) mass is 654 g/mol. The van der Waals surface area contributed by atoms with E-state index in [1.807, 2.05) is 42.5 Å². The number of anilines is 3. The summed E-state index contributed by atoms with van der Waals surface area (Å²) in [4.78, 5) is 7.17. The summed E-state index contributed by atoms with van der Waals surface area (Å²) in [5, 5.41) is 4.43. The number of para-hydroxylation sites is 2. The number of furan rings is 1. The first-order valence-electron chi connectivity index (χ1n) is 17.1. The Morgan fingerprint density at radius 1 is 0.412 bits per heavy atom. The van der Waals surface area contributed by atoms with Crippen molar-refractivity contribution in [3.63, 3.8) is 0 Å². The highest BCUT2D eigenvalue weighted by Gasteiger charge is 2.23. The van der Waals surface area contributed by atoms with Crippen molar-refractivity contribution in [2.45, 2.75) is 0 Å². The van der Waals surface area contributed by atoms with Crippen LogP contribution in [0.1, 0.15) is 0 Å². The number of hydrogen-bond donors (Lipinski definition) is 0. The van der Waals surface area contributed by atoms with Crippen LogP contribution >= 0.6 is 0 Å². The second-order valence-electron chi connectivity index (χ2n) is 12.8. The third kappa shape index (κ3) is 5.04. The smallest absolute Gasteiger partial charge is 0.227 e. The molecule has 2 heterocycles. The van der Waals surface area contributed by atoms with E-state index < -0.39 is 0 Å². The van der Waals surface area contributed by atoms with E-state index in [1.165, 1.54) is 16.3 Å². The molecule has 0 spiro atoms. The lowest BCUT2D eigenvalue weighted by molar-refractivity contribution is 0.617. The van der Waals surface area contributed by atoms with Crippen molar-refractivity contribution < 1.29 is 8.83 Å². The number of nitrogens with zero attached hydrogens (tertiary/aromatic N) is 2. The molecule has 10 rings (SSSR count). The fourth-order valence-electron chi connectivity index (χ4n) is 7.20. The predicted octanol–water partition coefficient (Wildman–Crippen LogP) is 13.4. The van der Waals surface area contributed by atoms with Crippen LogP contribution in [0.4, 0.5) is 17.1 Å². The Kier molecular flexibility index (Phi) is 6.78. The van der Waals surface area contributed by atoms with Gasteiger partial charge in [0.15, 0.2) is 11.2 Å². The predicted molar refractivity (Wildman–Crippen MR) is 210 cm³/mol. The molecule has 240 valence electrons. The molecular weight excluding hydrogens is 625 g/mol. The third-order valence-electron chi connectivity index (χ3n) is 9.69. The molecule has 4 nitrogen and oxygen atoms in total. The number of hydrogen-bond acceptors (Lipinski definition) is 4. The minimum atomic E-state index is 0.596. The van der Waals surface area contributed by atoms with E-state index in [0.717, 1.165) is 66.8 Å². The number of benzene rings is 8. The highest BCUT2D eigenvalue weighted by Crippen LogP contribution is 2.46. The van der Waals surface area contributed by atoms with Gasteiger partial charge in [0.2, 0.25) is 5.89 Å². The number of aromatic nitrogens is 1. The van der Waals surface area contributed by atoms with Crippen molar-refractivity contribution in [1.82, 2.24) is 4.98 Å². The zero-order valence-corrected chi connectivity index (χ0v) is 27.5. The fraction of sp³-hybridized carbons (Fsp3) is 0. The van der Waals surface area contributed by atoms with Crippen molar-refractivity contribution in [2.75, 3.05) is 4.90 Å². The summed E-state index contributed by atoms with van der Waals surface area (Å²) in [6.45, 7) is 0. The van der Waals surface area contributed by atoms with Crippen LogP contribution in [0.2, 0.25) is 0 Å². The number of fused-ring (bicyclic) bond motifs is 5. The second kappa shape index (κ2) is 11.9. The first kappa shape index (κ1) is 29.0. The van der Waals surface area contributed by atoms with E-state index in [-0.39, 0.29) is 0 Å². The Morgan fingerprint density at radius 3 is 1.90 bits per heavy atom. The van der Waals surface area contributed by atoms with E-state index in [2.05, 4.69) is 144 Å². The highest BCUT2D eigenvalue weighted by molar-refractivity contribution is 6.13. The molecule has 0 unspecified atom stereocenters. The largest absolute Gasteiger partial charge is 0.454 e. The van der Waals surface area contributed by atoms with Gasteiger partial charge in [0.25, 0.3) is 0 Å². The van der Waals surface area contributed by atoms with Gasteiger partial charge >= 0.3 is 0 Å². The van der Waals surface area contributed by atoms with Gasteiger partial charge < -0.3 is 13.7 Å². The summed E-state index contributed by atoms with van der Waals surface area (Å²) in [5.74, 6) is 0.596. The van der Waals surface area contributed by atoms with Crippen molar-refractivity contribution in [3.05, 3.63) is 182 Å². The van der Waals surface area contributed by atoms with Crippen molar-refractivity contribution in [2.24, 2.45) is 0 Å². The Morgan fingerprint density at radius 2 is 1.08 bits per heavy atom. The summed E-state index contributed by atoms with van der Waals surface area (Å²) in [7, 11) is 0. The molecule has 51 heavy (non-hydrogen) atoms. The van der Waals surface area contributed by atoms with E-state index in [0.29, 0.717) is 11.5 Å². The summed E-state index contributed by atoms with van der Waals surface area (Å²) in [6, 6.07) is 63.5. The summed E-state index contributed by atoms with van der Waals surface area (Å²) in [5.41, 5.74) is 11.6. The quantitative estimate of drug-likeness (QED) is 0.179. The lowest BCUT2D eigenvalue weighted by Gasteiger charge is -2.28. The zero-order valence-electron chi connectivity index (χ0n) is 27.5. The van der Waals surface area contributed by atoms with Gasteiger partial charge in [0.1, 0.15) is 11.1 Å². The molecule has 4 heteroatoms. The molecule has 0 aliphatic rings. The van der Waals surface area contributed by atoms with Crippen LogP contribution in [0.15, 0.2) is 191 Å². The van der Waals surface area contributed by atoms with Gasteiger partial charge in [-0.05, 0) is 76.0 Å². The van der Waals surface area contributed by atoms with Gasteiger partial charge in [0, 0.05) is 33.7 Å². The minimum absolute atomic E-state index is 0.596. The maximum Gasteiger partial charge on any atom is 0.227 e. The molecule has 0 aliphatic heterocycles. The molecule has 0 amide bonds. The van der Waals surface area contributed by atoms with Gasteiger partial charge in [0.05, 0.1) is 11.4 Å². The molecule has 0 fully saturated rings. The SMILES string of the molecule is c1ccc(-c2ccc(N(c3ccccc3-c3ccc4ccccc4c3)c3cccc4c3oc3cc5oc(-c6ccccc6)nc5cc34)cc2)cc1. The van der Waals surface area contributed by atoms with Crippen LogP contribution in [0.5, 0.6) is 0 Å². The fourth-order valence-corrected chi connectivity index (χ4v) is 7.20. The Bertz CT molecular complexity index is 2850. The third-order valence-corrected chi connectivity index (χ3v) is 9.69. The first-order valence-corrected chi connectivity index (χ1v) is 17.1. The molecule has 0 saturated heterocycles. The Labute approximate surface area is 294 Å². The number of rotatable bonds is 6. The molecule has 10 aromatic rings. The van der Waals surface area contributed by atoms with Crippen molar-refractivity contribution in [1.29, 1.82) is 0 Å². The van der Waals surface area contributed by atoms with Gasteiger partial charge in [-0.15, -0.1) is 0 Å². The summed E-state index contributed by atoms with van der Waals surface area (Å²) in [6.07, 6.45) is 0. The van der Waals surface area contributed by atoms with Crippen LogP contribution in [0.25, 0.3) is 77.5 Å². The second-order valence-corrected chi connectivity index (χ2v) is 12.8. The topological polar surface area (TPSA) is 42.4 Å². The standard InChI is InChI=1S/C47H30N2O2/c1-3-12-31(13-4-1)33-24-26-37(27-25-33)49(42-20-10-9-18-38(42)36-23-22-32-14-7-8-17-35(32)28-36)43-21-11-19-39-40-29-41-45(30-44(40)50-46(39)43)51-47(48-41)34-15-5-2-6-16-34/h1-30H. The molecule has 0 N–H and O–H groups in total. The van der Waals surface area contributed by atoms with Crippen LogP contribution in [0.3, 0.4) is 0 Å². The van der Waals surface area contributed by atoms with Crippen LogP contribution < -0.4 is 4.90 Å². The normalized spacial score (nSPS) is 11.5. The van der Waals surface area contributed by atoms with Crippen LogP contribution in [-0.4, -0.2) is 4.98 Å². The lowest BCUT2D eigenvalue weighted by atomic mass is 9.98. The van der Waals surface area contributed by atoms with Gasteiger partial charge in [-0.2, -0.15) is 0 Å². The molecule has 8 aromatic carbocycles. The molecule has 2 aromatic heterocycles. The molecule has 0 aliphatic carbocycles. The zero-order chi connectivity index (χ0) is 33.7. The highest BCUT2D eigenvalue weighted by atomic mass is 16.4. The lowest BCUT2D eigenvalue weighted by Crippen LogP contribution is -2.11. The van der Waals surface area contributed by atoms with E-state index in [1.54, 1.807) is 0 Å². The molecular formula is C47H30N2O2. The summed E-state index contributed by atoms with van der Waals surface area (Å²) >= 11 is 0. The minimum Gasteiger partial charge on any atom is -0.454 e. The van der Waals surface area contributed by atoms with Gasteiger partial charge in [-0.3, -0.25) is 0 Å². The van der Waals surface area contributed by atoms with E-state index in [4.69, 9.17) is 13.8 Å². The van der Waals surface area contributed by atoms with Crippen LogP contribution in [-0.2, 0) is 0 Å².